The molecular formula is C20H21N7O4. The van der Waals surface area contributed by atoms with Gasteiger partial charge in [0.1, 0.15) is 24.2 Å². The van der Waals surface area contributed by atoms with Gasteiger partial charge in [-0.3, -0.25) is 14.9 Å². The molecule has 1 aliphatic rings. The van der Waals surface area contributed by atoms with Crippen molar-refractivity contribution in [1.29, 1.82) is 0 Å². The van der Waals surface area contributed by atoms with E-state index in [4.69, 9.17) is 4.74 Å². The van der Waals surface area contributed by atoms with Crippen LogP contribution in [0.3, 0.4) is 0 Å². The molecule has 1 N–H and O–H groups in total. The Morgan fingerprint density at radius 2 is 2.00 bits per heavy atom. The van der Waals surface area contributed by atoms with E-state index in [1.54, 1.807) is 12.3 Å². The topological polar surface area (TPSA) is 128 Å². The Morgan fingerprint density at radius 1 is 1.23 bits per heavy atom. The summed E-state index contributed by atoms with van der Waals surface area (Å²) in [5.74, 6) is 0.323. The van der Waals surface area contributed by atoms with Crippen LogP contribution in [0.1, 0.15) is 24.2 Å². The highest BCUT2D eigenvalue weighted by Gasteiger charge is 2.23. The summed E-state index contributed by atoms with van der Waals surface area (Å²) in [7, 11) is 0. The van der Waals surface area contributed by atoms with Crippen LogP contribution in [-0.2, 0) is 4.74 Å². The average molecular weight is 423 g/mol. The van der Waals surface area contributed by atoms with Gasteiger partial charge in [-0.1, -0.05) is 0 Å². The van der Waals surface area contributed by atoms with E-state index >= 15 is 0 Å². The Morgan fingerprint density at radius 3 is 2.61 bits per heavy atom. The number of amides is 1. The highest BCUT2D eigenvalue weighted by molar-refractivity contribution is 6.04. The van der Waals surface area contributed by atoms with E-state index < -0.39 is 10.8 Å². The van der Waals surface area contributed by atoms with Crippen molar-refractivity contribution in [3.8, 4) is 5.69 Å². The van der Waals surface area contributed by atoms with Gasteiger partial charge in [-0.25, -0.2) is 14.6 Å². The molecule has 11 heteroatoms. The number of anilines is 2. The molecule has 11 nitrogen and oxygen atoms in total. The number of carbonyl (C=O) groups is 1. The van der Waals surface area contributed by atoms with Gasteiger partial charge in [-0.2, -0.15) is 5.10 Å². The summed E-state index contributed by atoms with van der Waals surface area (Å²) in [6.45, 7) is 5.52. The molecule has 1 amide bonds. The zero-order valence-corrected chi connectivity index (χ0v) is 17.0. The highest BCUT2D eigenvalue weighted by atomic mass is 16.6. The second-order valence-corrected chi connectivity index (χ2v) is 7.32. The van der Waals surface area contributed by atoms with E-state index in [1.807, 2.05) is 19.9 Å². The molecule has 0 bridgehead atoms. The number of carbonyl (C=O) groups excluding carboxylic acids is 1. The fourth-order valence-electron chi connectivity index (χ4n) is 3.55. The molecular weight excluding hydrogens is 402 g/mol. The van der Waals surface area contributed by atoms with Gasteiger partial charge in [0.2, 0.25) is 0 Å². The fraction of sp³-hybridized carbons (Fsp3) is 0.300. The van der Waals surface area contributed by atoms with Crippen LogP contribution in [0.2, 0.25) is 0 Å². The first kappa shape index (κ1) is 20.4. The lowest BCUT2D eigenvalue weighted by molar-refractivity contribution is -0.384. The van der Waals surface area contributed by atoms with Gasteiger partial charge in [0.25, 0.3) is 11.6 Å². The van der Waals surface area contributed by atoms with E-state index in [9.17, 15) is 14.9 Å². The molecule has 3 aromatic rings. The first-order valence-electron chi connectivity index (χ1n) is 9.72. The highest BCUT2D eigenvalue weighted by Crippen LogP contribution is 2.24. The number of hydrogen-bond donors (Lipinski definition) is 1. The minimum Gasteiger partial charge on any atom is -0.372 e. The molecule has 160 valence electrons. The number of nitrogens with one attached hydrogen (secondary N) is 1. The van der Waals surface area contributed by atoms with Crippen molar-refractivity contribution in [1.82, 2.24) is 19.7 Å². The van der Waals surface area contributed by atoms with Crippen molar-refractivity contribution in [2.24, 2.45) is 0 Å². The van der Waals surface area contributed by atoms with Gasteiger partial charge in [0.15, 0.2) is 0 Å². The zero-order valence-electron chi connectivity index (χ0n) is 17.0. The lowest BCUT2D eigenvalue weighted by Gasteiger charge is -2.36. The number of aromatic nitrogens is 4. The molecule has 2 atom stereocenters. The van der Waals surface area contributed by atoms with Gasteiger partial charge in [0, 0.05) is 24.7 Å². The van der Waals surface area contributed by atoms with Crippen molar-refractivity contribution in [3.63, 3.8) is 0 Å². The van der Waals surface area contributed by atoms with Crippen molar-refractivity contribution < 1.29 is 14.5 Å². The van der Waals surface area contributed by atoms with Crippen molar-refractivity contribution in [3.05, 3.63) is 64.9 Å². The molecule has 1 aromatic carbocycles. The molecule has 0 spiro atoms. The van der Waals surface area contributed by atoms with Crippen LogP contribution >= 0.6 is 0 Å². The second kappa shape index (κ2) is 8.48. The molecule has 3 heterocycles. The Kier molecular flexibility index (Phi) is 5.58. The minimum absolute atomic E-state index is 0.112. The third-order valence-electron chi connectivity index (χ3n) is 4.85. The van der Waals surface area contributed by atoms with Gasteiger partial charge >= 0.3 is 0 Å². The quantitative estimate of drug-likeness (QED) is 0.489. The third kappa shape index (κ3) is 4.51. The average Bonchev–Trinajstić information content (AvgIpc) is 3.28. The number of nitro groups is 1. The number of rotatable bonds is 5. The first-order chi connectivity index (χ1) is 14.9. The second-order valence-electron chi connectivity index (χ2n) is 7.32. The normalized spacial score (nSPS) is 18.6. The molecule has 0 unspecified atom stereocenters. The monoisotopic (exact) mass is 423 g/mol. The maximum atomic E-state index is 12.6. The summed E-state index contributed by atoms with van der Waals surface area (Å²) >= 11 is 0. The smallest absolute Gasteiger partial charge is 0.295 e. The van der Waals surface area contributed by atoms with Crippen molar-refractivity contribution >= 4 is 23.1 Å². The number of benzene rings is 1. The Bertz CT molecular complexity index is 1080. The number of hydrogen-bond acceptors (Lipinski definition) is 8. The molecule has 2 aromatic heterocycles. The summed E-state index contributed by atoms with van der Waals surface area (Å²) in [6, 6.07) is 7.76. The van der Waals surface area contributed by atoms with E-state index in [1.165, 1.54) is 35.5 Å². The van der Waals surface area contributed by atoms with Gasteiger partial charge in [-0.15, -0.1) is 0 Å². The van der Waals surface area contributed by atoms with E-state index in [0.717, 1.165) is 18.9 Å². The molecule has 0 aliphatic carbocycles. The molecule has 1 fully saturated rings. The molecule has 1 aliphatic heterocycles. The Balaban J connectivity index is 1.49. The van der Waals surface area contributed by atoms with Crippen LogP contribution < -0.4 is 10.2 Å². The molecule has 4 rings (SSSR count). The van der Waals surface area contributed by atoms with Crippen LogP contribution in [0.4, 0.5) is 17.2 Å². The van der Waals surface area contributed by atoms with Crippen LogP contribution in [0, 0.1) is 10.1 Å². The largest absolute Gasteiger partial charge is 0.372 e. The molecule has 1 saturated heterocycles. The van der Waals surface area contributed by atoms with Crippen LogP contribution in [0.25, 0.3) is 5.69 Å². The predicted octanol–water partition coefficient (Wildman–Crippen LogP) is 2.44. The van der Waals surface area contributed by atoms with Crippen molar-refractivity contribution in [2.45, 2.75) is 26.1 Å². The summed E-state index contributed by atoms with van der Waals surface area (Å²) < 4.78 is 7.01. The standard InChI is InChI=1S/C20H21N7O4/c1-13-9-25(10-14(2)31-13)19-6-4-16(8-22-19)24-20(28)15-3-5-17(18(7-15)27(29)30)26-12-21-11-23-26/h3-8,11-14H,9-10H2,1-2H3,(H,24,28)/t13-,14-/m1/s1. The molecule has 0 radical (unpaired) electrons. The molecule has 0 saturated carbocycles. The van der Waals surface area contributed by atoms with E-state index in [0.29, 0.717) is 5.69 Å². The van der Waals surface area contributed by atoms with Crippen molar-refractivity contribution in [2.75, 3.05) is 23.3 Å². The minimum atomic E-state index is -0.561. The number of nitrogens with zero attached hydrogens (tertiary/aromatic N) is 6. The zero-order chi connectivity index (χ0) is 22.0. The number of nitro benzene ring substituents is 1. The van der Waals surface area contributed by atoms with Gasteiger partial charge in [0.05, 0.1) is 29.0 Å². The maximum Gasteiger partial charge on any atom is 0.295 e. The van der Waals surface area contributed by atoms with E-state index in [2.05, 4.69) is 25.3 Å². The van der Waals surface area contributed by atoms with Crippen LogP contribution in [0.15, 0.2) is 49.2 Å². The van der Waals surface area contributed by atoms with Gasteiger partial charge in [-0.05, 0) is 38.1 Å². The Labute approximate surface area is 177 Å². The van der Waals surface area contributed by atoms with Crippen LogP contribution in [-0.4, -0.2) is 55.9 Å². The lowest BCUT2D eigenvalue weighted by Crippen LogP contribution is -2.45. The summed E-state index contributed by atoms with van der Waals surface area (Å²) in [5.41, 5.74) is 0.614. The summed E-state index contributed by atoms with van der Waals surface area (Å²) in [6.07, 6.45) is 4.42. The first-order valence-corrected chi connectivity index (χ1v) is 9.72. The SMILES string of the molecule is C[C@@H]1CN(c2ccc(NC(=O)c3ccc(-n4cncn4)c([N+](=O)[O-])c3)cn2)C[C@@H](C)O1. The summed E-state index contributed by atoms with van der Waals surface area (Å²) in [5, 5.41) is 18.1. The maximum absolute atomic E-state index is 12.6. The predicted molar refractivity (Wildman–Crippen MR) is 112 cm³/mol. The number of ether oxygens (including phenoxy) is 1. The fourth-order valence-corrected chi connectivity index (χ4v) is 3.55. The van der Waals surface area contributed by atoms with Crippen LogP contribution in [0.5, 0.6) is 0 Å². The molecule has 31 heavy (non-hydrogen) atoms. The van der Waals surface area contributed by atoms with Gasteiger partial charge < -0.3 is 15.0 Å². The summed E-state index contributed by atoms with van der Waals surface area (Å²) in [4.78, 5) is 33.9. The third-order valence-corrected chi connectivity index (χ3v) is 4.85. The van der Waals surface area contributed by atoms with E-state index in [-0.39, 0.29) is 29.1 Å². The number of morpholine rings is 1. The number of pyridine rings is 1. The Hall–Kier alpha value is -3.86. The lowest BCUT2D eigenvalue weighted by atomic mass is 10.1.